The summed E-state index contributed by atoms with van der Waals surface area (Å²) in [5.41, 5.74) is 1.07. The molecule has 1 aromatic heterocycles. The minimum atomic E-state index is -0.571. The van der Waals surface area contributed by atoms with E-state index in [0.29, 0.717) is 23.2 Å². The van der Waals surface area contributed by atoms with Crippen molar-refractivity contribution in [2.24, 2.45) is 0 Å². The van der Waals surface area contributed by atoms with Crippen LogP contribution in [0.25, 0.3) is 11.3 Å². The van der Waals surface area contributed by atoms with Gasteiger partial charge in [-0.25, -0.2) is 8.78 Å². The van der Waals surface area contributed by atoms with Crippen LogP contribution in [0.2, 0.25) is 0 Å². The van der Waals surface area contributed by atoms with Gasteiger partial charge in [-0.2, -0.15) is 0 Å². The summed E-state index contributed by atoms with van der Waals surface area (Å²) in [5, 5.41) is 8.19. The summed E-state index contributed by atoms with van der Waals surface area (Å²) in [6.07, 6.45) is 0.524. The fourth-order valence-electron chi connectivity index (χ4n) is 3.45. The number of carbonyl (C=O) groups is 2. The van der Waals surface area contributed by atoms with E-state index < -0.39 is 23.3 Å². The molecule has 7 nitrogen and oxygen atoms in total. The molecule has 0 fully saturated rings. The molecule has 0 aliphatic heterocycles. The number of likely N-dealkylation sites (N-methyl/N-ethyl adjacent to an activating group) is 1. The smallest absolute Gasteiger partial charge is 0.275 e. The van der Waals surface area contributed by atoms with Gasteiger partial charge in [-0.15, -0.1) is 0 Å². The van der Waals surface area contributed by atoms with E-state index in [9.17, 15) is 23.2 Å². The lowest BCUT2D eigenvalue weighted by atomic mass is 10.1. The maximum atomic E-state index is 13.4. The Morgan fingerprint density at radius 3 is 2.15 bits per heavy atom. The van der Waals surface area contributed by atoms with Gasteiger partial charge < -0.3 is 16.0 Å². The molecule has 9 heteroatoms. The monoisotopic (exact) mass is 468 g/mol. The second kappa shape index (κ2) is 11.3. The van der Waals surface area contributed by atoms with Crippen LogP contribution in [-0.4, -0.2) is 29.5 Å². The number of hydrogen-bond donors (Lipinski definition) is 3. The number of nitrogens with one attached hydrogen (secondary N) is 3. The third kappa shape index (κ3) is 6.14. The molecular weight excluding hydrogens is 442 g/mol. The normalized spacial score (nSPS) is 11.6. The summed E-state index contributed by atoms with van der Waals surface area (Å²) in [6.45, 7) is 1.65. The van der Waals surface area contributed by atoms with Gasteiger partial charge in [0.1, 0.15) is 23.9 Å². The minimum absolute atomic E-state index is 0.0240. The molecule has 2 amide bonds. The van der Waals surface area contributed by atoms with Crippen molar-refractivity contribution in [1.29, 1.82) is 0 Å². The Kier molecular flexibility index (Phi) is 8.26. The van der Waals surface area contributed by atoms with E-state index >= 15 is 0 Å². The first kappa shape index (κ1) is 24.8. The number of carbonyl (C=O) groups excluding carboxylic acids is 2. The van der Waals surface area contributed by atoms with E-state index in [2.05, 4.69) is 16.0 Å². The van der Waals surface area contributed by atoms with E-state index in [0.717, 1.165) is 0 Å². The highest BCUT2D eigenvalue weighted by Gasteiger charge is 2.18. The first-order valence-electron chi connectivity index (χ1n) is 10.8. The number of anilines is 1. The number of aromatic nitrogens is 1. The number of halogens is 2. The zero-order valence-electron chi connectivity index (χ0n) is 18.9. The molecule has 0 bridgehead atoms. The number of pyridine rings is 1. The Morgan fingerprint density at radius 2 is 1.56 bits per heavy atom. The van der Waals surface area contributed by atoms with Crippen LogP contribution >= 0.6 is 0 Å². The van der Waals surface area contributed by atoms with Gasteiger partial charge in [-0.05, 0) is 73.1 Å². The van der Waals surface area contributed by atoms with Crippen molar-refractivity contribution in [3.8, 4) is 11.3 Å². The molecule has 3 rings (SSSR count). The lowest BCUT2D eigenvalue weighted by Gasteiger charge is -2.17. The first-order valence-corrected chi connectivity index (χ1v) is 10.8. The van der Waals surface area contributed by atoms with Gasteiger partial charge in [0.05, 0.1) is 11.7 Å². The van der Waals surface area contributed by atoms with Crippen LogP contribution in [0.15, 0.2) is 65.5 Å². The maximum absolute atomic E-state index is 13.4. The van der Waals surface area contributed by atoms with Gasteiger partial charge in [0.15, 0.2) is 0 Å². The van der Waals surface area contributed by atoms with E-state index in [1.54, 1.807) is 25.2 Å². The Labute approximate surface area is 195 Å². The van der Waals surface area contributed by atoms with Crippen LogP contribution in [0, 0.1) is 11.6 Å². The zero-order valence-corrected chi connectivity index (χ0v) is 18.9. The molecule has 1 heterocycles. The van der Waals surface area contributed by atoms with Crippen LogP contribution in [-0.2, 0) is 22.7 Å². The second-order valence-corrected chi connectivity index (χ2v) is 7.67. The van der Waals surface area contributed by atoms with Crippen molar-refractivity contribution in [2.45, 2.75) is 32.5 Å². The van der Waals surface area contributed by atoms with Crippen molar-refractivity contribution in [1.82, 2.24) is 15.2 Å². The molecule has 0 saturated heterocycles. The maximum Gasteiger partial charge on any atom is 0.275 e. The number of nitrogens with zero attached hydrogens (tertiary/aromatic N) is 1. The molecule has 3 aromatic rings. The molecule has 178 valence electrons. The molecule has 0 saturated carbocycles. The largest absolute Gasteiger partial charge is 0.350 e. The van der Waals surface area contributed by atoms with Crippen LogP contribution in [0.5, 0.6) is 0 Å². The zero-order chi connectivity index (χ0) is 24.7. The molecule has 0 radical (unpaired) electrons. The molecule has 0 spiro atoms. The summed E-state index contributed by atoms with van der Waals surface area (Å²) in [7, 11) is 1.65. The third-order valence-corrected chi connectivity index (χ3v) is 5.35. The topological polar surface area (TPSA) is 92.2 Å². The molecular formula is C25H26F2N4O3. The molecule has 0 aliphatic rings. The fourth-order valence-corrected chi connectivity index (χ4v) is 3.45. The van der Waals surface area contributed by atoms with Crippen molar-refractivity contribution < 1.29 is 18.4 Å². The average molecular weight is 469 g/mol. The Morgan fingerprint density at radius 1 is 0.941 bits per heavy atom. The Bertz CT molecular complexity index is 1200. The van der Waals surface area contributed by atoms with Crippen LogP contribution in [0.1, 0.15) is 18.9 Å². The quantitative estimate of drug-likeness (QED) is 0.450. The summed E-state index contributed by atoms with van der Waals surface area (Å²) < 4.78 is 27.7. The van der Waals surface area contributed by atoms with E-state index in [1.807, 2.05) is 6.92 Å². The molecule has 1 atom stereocenters. The van der Waals surface area contributed by atoms with Gasteiger partial charge in [0.25, 0.3) is 5.56 Å². The van der Waals surface area contributed by atoms with Crippen LogP contribution in [0.4, 0.5) is 14.5 Å². The van der Waals surface area contributed by atoms with Gasteiger partial charge in [-0.3, -0.25) is 19.0 Å². The van der Waals surface area contributed by atoms with E-state index in [4.69, 9.17) is 0 Å². The van der Waals surface area contributed by atoms with Crippen LogP contribution < -0.4 is 21.5 Å². The van der Waals surface area contributed by atoms with Crippen molar-refractivity contribution in [3.63, 3.8) is 0 Å². The fraction of sp³-hybridized carbons (Fsp3) is 0.240. The minimum Gasteiger partial charge on any atom is -0.350 e. The second-order valence-electron chi connectivity index (χ2n) is 7.67. The number of rotatable bonds is 9. The van der Waals surface area contributed by atoms with Crippen LogP contribution in [0.3, 0.4) is 0 Å². The Balaban J connectivity index is 1.89. The summed E-state index contributed by atoms with van der Waals surface area (Å²) >= 11 is 0. The third-order valence-electron chi connectivity index (χ3n) is 5.35. The van der Waals surface area contributed by atoms with Gasteiger partial charge in [-0.1, -0.05) is 19.1 Å². The van der Waals surface area contributed by atoms with Gasteiger partial charge >= 0.3 is 0 Å². The molecule has 0 aliphatic carbocycles. The highest BCUT2D eigenvalue weighted by atomic mass is 19.1. The number of amides is 2. The predicted molar refractivity (Wildman–Crippen MR) is 126 cm³/mol. The van der Waals surface area contributed by atoms with Gasteiger partial charge in [0.2, 0.25) is 11.8 Å². The van der Waals surface area contributed by atoms with E-state index in [-0.39, 0.29) is 30.5 Å². The lowest BCUT2D eigenvalue weighted by Crippen LogP contribution is -2.40. The standard InChI is InChI=1S/C25H26F2N4O3/c1-3-20(28-2)24(33)30-21-12-13-22(17-6-10-19(27)11-7-17)31(25(21)34)15-23(32)29-14-16-4-8-18(26)9-5-16/h4-13,20,28H,3,14-15H2,1-2H3,(H,29,32)(H,30,33)/t20-/m0/s1. The molecule has 2 aromatic carbocycles. The number of benzene rings is 2. The molecule has 0 unspecified atom stereocenters. The Hall–Kier alpha value is -3.85. The first-order chi connectivity index (χ1) is 16.3. The summed E-state index contributed by atoms with van der Waals surface area (Å²) in [4.78, 5) is 38.4. The molecule has 34 heavy (non-hydrogen) atoms. The number of hydrogen-bond acceptors (Lipinski definition) is 4. The molecule has 3 N–H and O–H groups in total. The van der Waals surface area contributed by atoms with Crippen molar-refractivity contribution >= 4 is 17.5 Å². The average Bonchev–Trinajstić information content (AvgIpc) is 2.83. The van der Waals surface area contributed by atoms with E-state index in [1.165, 1.54) is 47.0 Å². The highest BCUT2D eigenvalue weighted by Crippen LogP contribution is 2.20. The highest BCUT2D eigenvalue weighted by molar-refractivity contribution is 5.94. The lowest BCUT2D eigenvalue weighted by molar-refractivity contribution is -0.121. The van der Waals surface area contributed by atoms with Gasteiger partial charge in [0, 0.05) is 6.54 Å². The predicted octanol–water partition coefficient (Wildman–Crippen LogP) is 3.05. The summed E-state index contributed by atoms with van der Waals surface area (Å²) in [5.74, 6) is -1.65. The summed E-state index contributed by atoms with van der Waals surface area (Å²) in [6, 6.07) is 13.8. The van der Waals surface area contributed by atoms with Crippen molar-refractivity contribution in [3.05, 3.63) is 88.2 Å². The van der Waals surface area contributed by atoms with Crippen molar-refractivity contribution in [2.75, 3.05) is 12.4 Å². The SMILES string of the molecule is CC[C@H](NC)C(=O)Nc1ccc(-c2ccc(F)cc2)n(CC(=O)NCc2ccc(F)cc2)c1=O.